The van der Waals surface area contributed by atoms with Gasteiger partial charge in [-0.05, 0) is 39.8 Å². The van der Waals surface area contributed by atoms with E-state index in [1.165, 1.54) is 6.07 Å². The molecule has 1 amide bonds. The van der Waals surface area contributed by atoms with Crippen molar-refractivity contribution >= 4 is 17.7 Å². The molecule has 4 nitrogen and oxygen atoms in total. The number of carbonyl (C=O) groups excluding carboxylic acids is 1. The summed E-state index contributed by atoms with van der Waals surface area (Å²) in [6.07, 6.45) is -0.524. The lowest BCUT2D eigenvalue weighted by Crippen LogP contribution is -2.34. The van der Waals surface area contributed by atoms with Crippen LogP contribution in [0.4, 0.5) is 4.79 Å². The third-order valence-electron chi connectivity index (χ3n) is 2.19. The molecule has 1 atom stereocenters. The lowest BCUT2D eigenvalue weighted by atomic mass is 10.1. The summed E-state index contributed by atoms with van der Waals surface area (Å²) in [6, 6.07) is 4.39. The number of halogens is 1. The quantitative estimate of drug-likeness (QED) is 0.863. The summed E-state index contributed by atoms with van der Waals surface area (Å²) in [6.45, 7) is 7.12. The minimum Gasteiger partial charge on any atom is -0.508 e. The molecule has 0 saturated carbocycles. The van der Waals surface area contributed by atoms with E-state index in [1.54, 1.807) is 39.8 Å². The van der Waals surface area contributed by atoms with Crippen LogP contribution >= 0.6 is 11.6 Å². The maximum absolute atomic E-state index is 11.6. The van der Waals surface area contributed by atoms with Crippen molar-refractivity contribution in [1.29, 1.82) is 0 Å². The monoisotopic (exact) mass is 271 g/mol. The number of phenolic OH excluding ortho intramolecular Hbond substituents is 1. The Kier molecular flexibility index (Phi) is 4.46. The van der Waals surface area contributed by atoms with E-state index < -0.39 is 11.7 Å². The predicted octanol–water partition coefficient (Wildman–Crippen LogP) is 3.63. The van der Waals surface area contributed by atoms with Gasteiger partial charge in [-0.2, -0.15) is 0 Å². The van der Waals surface area contributed by atoms with Gasteiger partial charge >= 0.3 is 6.09 Å². The highest BCUT2D eigenvalue weighted by Crippen LogP contribution is 2.27. The Bertz CT molecular complexity index is 440. The number of hydrogen-bond acceptors (Lipinski definition) is 3. The van der Waals surface area contributed by atoms with Gasteiger partial charge in [0.25, 0.3) is 0 Å². The molecule has 1 rings (SSSR count). The molecule has 0 unspecified atom stereocenters. The fourth-order valence-corrected chi connectivity index (χ4v) is 1.61. The first kappa shape index (κ1) is 14.6. The van der Waals surface area contributed by atoms with Crippen LogP contribution in [0.5, 0.6) is 5.75 Å². The number of benzene rings is 1. The van der Waals surface area contributed by atoms with Crippen molar-refractivity contribution in [1.82, 2.24) is 5.32 Å². The Morgan fingerprint density at radius 3 is 2.56 bits per heavy atom. The molecule has 0 aliphatic heterocycles. The highest BCUT2D eigenvalue weighted by Gasteiger charge is 2.19. The van der Waals surface area contributed by atoms with Gasteiger partial charge in [-0.3, -0.25) is 0 Å². The fourth-order valence-electron chi connectivity index (χ4n) is 1.45. The number of rotatable bonds is 2. The fraction of sp³-hybridized carbons (Fsp3) is 0.462. The van der Waals surface area contributed by atoms with E-state index in [-0.39, 0.29) is 11.8 Å². The standard InChI is InChI=1S/C13H18ClNO3/c1-8(15-12(17)18-13(2,3)4)10-6-5-9(14)7-11(10)16/h5-8,16H,1-4H3,(H,15,17)/t8-/m0/s1. The first-order chi connectivity index (χ1) is 8.19. The number of nitrogens with one attached hydrogen (secondary N) is 1. The molecular formula is C13H18ClNO3. The van der Waals surface area contributed by atoms with E-state index in [0.29, 0.717) is 10.6 Å². The molecule has 0 fully saturated rings. The van der Waals surface area contributed by atoms with Crippen molar-refractivity contribution in [3.05, 3.63) is 28.8 Å². The maximum Gasteiger partial charge on any atom is 0.408 e. The van der Waals surface area contributed by atoms with E-state index in [1.807, 2.05) is 0 Å². The molecule has 0 aromatic heterocycles. The SMILES string of the molecule is C[C@H](NC(=O)OC(C)(C)C)c1ccc(Cl)cc1O. The summed E-state index contributed by atoms with van der Waals surface area (Å²) >= 11 is 5.74. The Morgan fingerprint density at radius 1 is 1.44 bits per heavy atom. The van der Waals surface area contributed by atoms with E-state index in [2.05, 4.69) is 5.32 Å². The molecule has 0 saturated heterocycles. The van der Waals surface area contributed by atoms with Crippen LogP contribution in [0.1, 0.15) is 39.3 Å². The summed E-state index contributed by atoms with van der Waals surface area (Å²) in [7, 11) is 0. The molecule has 0 spiro atoms. The number of phenols is 1. The zero-order valence-electron chi connectivity index (χ0n) is 11.0. The van der Waals surface area contributed by atoms with Crippen LogP contribution in [0.3, 0.4) is 0 Å². The molecule has 0 aliphatic carbocycles. The largest absolute Gasteiger partial charge is 0.508 e. The summed E-state index contributed by atoms with van der Waals surface area (Å²) in [5.41, 5.74) is 0.0384. The van der Waals surface area contributed by atoms with Crippen LogP contribution in [0, 0.1) is 0 Å². The second kappa shape index (κ2) is 5.48. The highest BCUT2D eigenvalue weighted by atomic mass is 35.5. The van der Waals surface area contributed by atoms with Crippen LogP contribution in [-0.4, -0.2) is 16.8 Å². The van der Waals surface area contributed by atoms with Crippen LogP contribution in [0.15, 0.2) is 18.2 Å². The molecule has 0 heterocycles. The number of amides is 1. The Balaban J connectivity index is 2.71. The van der Waals surface area contributed by atoms with Crippen molar-refractivity contribution in [3.63, 3.8) is 0 Å². The highest BCUT2D eigenvalue weighted by molar-refractivity contribution is 6.30. The van der Waals surface area contributed by atoms with E-state index in [0.717, 1.165) is 0 Å². The summed E-state index contributed by atoms with van der Waals surface area (Å²) in [5.74, 6) is 0.0473. The van der Waals surface area contributed by atoms with Gasteiger partial charge in [0.1, 0.15) is 11.4 Å². The number of ether oxygens (including phenoxy) is 1. The van der Waals surface area contributed by atoms with Crippen molar-refractivity contribution in [2.75, 3.05) is 0 Å². The van der Waals surface area contributed by atoms with Gasteiger partial charge in [0.2, 0.25) is 0 Å². The smallest absolute Gasteiger partial charge is 0.408 e. The second-order valence-corrected chi connectivity index (χ2v) is 5.51. The van der Waals surface area contributed by atoms with Crippen LogP contribution in [0.2, 0.25) is 5.02 Å². The molecule has 1 aromatic carbocycles. The molecular weight excluding hydrogens is 254 g/mol. The normalized spacial score (nSPS) is 12.9. The Labute approximate surface area is 112 Å². The van der Waals surface area contributed by atoms with Gasteiger partial charge in [-0.15, -0.1) is 0 Å². The lowest BCUT2D eigenvalue weighted by Gasteiger charge is -2.22. The van der Waals surface area contributed by atoms with Gasteiger partial charge < -0.3 is 15.2 Å². The van der Waals surface area contributed by atoms with Gasteiger partial charge in [0.15, 0.2) is 0 Å². The summed E-state index contributed by atoms with van der Waals surface area (Å²) < 4.78 is 5.14. The molecule has 100 valence electrons. The first-order valence-corrected chi connectivity index (χ1v) is 6.05. The molecule has 0 bridgehead atoms. The minimum absolute atomic E-state index is 0.0473. The third kappa shape index (κ3) is 4.45. The molecule has 2 N–H and O–H groups in total. The van der Waals surface area contributed by atoms with Crippen molar-refractivity contribution in [2.45, 2.75) is 39.3 Å². The molecule has 5 heteroatoms. The lowest BCUT2D eigenvalue weighted by molar-refractivity contribution is 0.0507. The van der Waals surface area contributed by atoms with Crippen LogP contribution in [0.25, 0.3) is 0 Å². The van der Waals surface area contributed by atoms with Gasteiger partial charge in [0, 0.05) is 10.6 Å². The average molecular weight is 272 g/mol. The zero-order chi connectivity index (χ0) is 13.9. The number of aromatic hydroxyl groups is 1. The number of hydrogen-bond donors (Lipinski definition) is 2. The minimum atomic E-state index is -0.550. The molecule has 0 aliphatic rings. The Hall–Kier alpha value is -1.42. The number of carbonyl (C=O) groups is 1. The Morgan fingerprint density at radius 2 is 2.06 bits per heavy atom. The zero-order valence-corrected chi connectivity index (χ0v) is 11.7. The number of alkyl carbamates (subject to hydrolysis) is 1. The van der Waals surface area contributed by atoms with Crippen molar-refractivity contribution in [2.24, 2.45) is 0 Å². The van der Waals surface area contributed by atoms with E-state index in [9.17, 15) is 9.90 Å². The average Bonchev–Trinajstić information content (AvgIpc) is 2.13. The predicted molar refractivity (Wildman–Crippen MR) is 70.9 cm³/mol. The van der Waals surface area contributed by atoms with Crippen molar-refractivity contribution in [3.8, 4) is 5.75 Å². The van der Waals surface area contributed by atoms with Gasteiger partial charge in [-0.1, -0.05) is 17.7 Å². The van der Waals surface area contributed by atoms with Crippen LogP contribution < -0.4 is 5.32 Å². The molecule has 1 aromatic rings. The van der Waals surface area contributed by atoms with Gasteiger partial charge in [-0.25, -0.2) is 4.79 Å². The second-order valence-electron chi connectivity index (χ2n) is 5.07. The van der Waals surface area contributed by atoms with E-state index in [4.69, 9.17) is 16.3 Å². The summed E-state index contributed by atoms with van der Waals surface area (Å²) in [4.78, 5) is 11.6. The topological polar surface area (TPSA) is 58.6 Å². The van der Waals surface area contributed by atoms with E-state index >= 15 is 0 Å². The molecule has 0 radical (unpaired) electrons. The molecule has 18 heavy (non-hydrogen) atoms. The first-order valence-electron chi connectivity index (χ1n) is 5.67. The van der Waals surface area contributed by atoms with Crippen LogP contribution in [-0.2, 0) is 4.74 Å². The van der Waals surface area contributed by atoms with Crippen molar-refractivity contribution < 1.29 is 14.6 Å². The van der Waals surface area contributed by atoms with Gasteiger partial charge in [0.05, 0.1) is 6.04 Å². The third-order valence-corrected chi connectivity index (χ3v) is 2.43. The summed E-state index contributed by atoms with van der Waals surface area (Å²) in [5, 5.41) is 12.8. The maximum atomic E-state index is 11.6.